The summed E-state index contributed by atoms with van der Waals surface area (Å²) >= 11 is 0. The molecule has 0 aromatic carbocycles. The summed E-state index contributed by atoms with van der Waals surface area (Å²) in [6.07, 6.45) is 0.282. The van der Waals surface area contributed by atoms with E-state index >= 15 is 0 Å². The molecule has 2 fully saturated rings. The van der Waals surface area contributed by atoms with E-state index in [4.69, 9.17) is 0 Å². The van der Waals surface area contributed by atoms with Gasteiger partial charge in [0.2, 0.25) is 11.9 Å². The predicted octanol–water partition coefficient (Wildman–Crippen LogP) is 3.62. The van der Waals surface area contributed by atoms with Gasteiger partial charge >= 0.3 is 6.18 Å². The van der Waals surface area contributed by atoms with Crippen molar-refractivity contribution in [1.82, 2.24) is 14.9 Å². The third kappa shape index (κ3) is 6.86. The van der Waals surface area contributed by atoms with Gasteiger partial charge in [0.1, 0.15) is 9.84 Å². The summed E-state index contributed by atoms with van der Waals surface area (Å²) in [6, 6.07) is -0.545. The largest absolute Gasteiger partial charge is 0.419 e. The molecule has 2 aliphatic heterocycles. The highest BCUT2D eigenvalue weighted by atomic mass is 32.2. The Morgan fingerprint density at radius 3 is 2.31 bits per heavy atom. The molecule has 1 atom stereocenters. The number of carbonyl (C=O) groups excluding carboxylic acids is 1. The van der Waals surface area contributed by atoms with Crippen LogP contribution >= 0.6 is 0 Å². The van der Waals surface area contributed by atoms with Crippen LogP contribution < -0.4 is 4.90 Å². The standard InChI is InChI=1S/C22H25F5N4O3S/c1-2-18(23)19(24)5-3-4-17-14-30(21-28-12-16(13-29-21)22(25,26)27)8-9-31(17)20(32)15-6-10-35(33,34)11-7-15/h2-3,5,12-13,15,17H,1,4,6-11,14H2/b5-3-,19-18-/t17-/m0/s1. The van der Waals surface area contributed by atoms with Gasteiger partial charge in [0.15, 0.2) is 11.7 Å². The van der Waals surface area contributed by atoms with Gasteiger partial charge in [0, 0.05) is 37.9 Å². The van der Waals surface area contributed by atoms with E-state index in [1.807, 2.05) is 0 Å². The van der Waals surface area contributed by atoms with Crippen LogP contribution in [0.25, 0.3) is 0 Å². The zero-order chi connectivity index (χ0) is 25.8. The van der Waals surface area contributed by atoms with Gasteiger partial charge in [-0.05, 0) is 31.4 Å². The molecule has 1 amide bonds. The van der Waals surface area contributed by atoms with E-state index in [-0.39, 0.29) is 62.3 Å². The van der Waals surface area contributed by atoms with Gasteiger partial charge in [0.25, 0.3) is 0 Å². The number of piperazine rings is 1. The Labute approximate surface area is 199 Å². The highest BCUT2D eigenvalue weighted by molar-refractivity contribution is 7.91. The van der Waals surface area contributed by atoms with Crippen molar-refractivity contribution < 1.29 is 35.2 Å². The van der Waals surface area contributed by atoms with Crippen LogP contribution in [0.2, 0.25) is 0 Å². The minimum atomic E-state index is -4.58. The Kier molecular flexibility index (Phi) is 8.29. The molecule has 3 heterocycles. The fraction of sp³-hybridized carbons (Fsp3) is 0.500. The fourth-order valence-corrected chi connectivity index (χ4v) is 5.53. The van der Waals surface area contributed by atoms with Gasteiger partial charge in [-0.1, -0.05) is 12.7 Å². The molecule has 1 aromatic heterocycles. The molecular weight excluding hydrogens is 495 g/mol. The topological polar surface area (TPSA) is 83.5 Å². The van der Waals surface area contributed by atoms with Crippen LogP contribution in [0.4, 0.5) is 27.9 Å². The minimum Gasteiger partial charge on any atom is -0.337 e. The van der Waals surface area contributed by atoms with Crippen molar-refractivity contribution in [3.05, 3.63) is 54.4 Å². The summed E-state index contributed by atoms with van der Waals surface area (Å²) in [5.74, 6) is -3.09. The summed E-state index contributed by atoms with van der Waals surface area (Å²) in [7, 11) is -3.16. The van der Waals surface area contributed by atoms with E-state index in [0.29, 0.717) is 12.4 Å². The highest BCUT2D eigenvalue weighted by Gasteiger charge is 2.37. The van der Waals surface area contributed by atoms with E-state index in [1.54, 1.807) is 9.80 Å². The smallest absolute Gasteiger partial charge is 0.337 e. The minimum absolute atomic E-state index is 0.0478. The number of anilines is 1. The van der Waals surface area contributed by atoms with Crippen LogP contribution in [0.3, 0.4) is 0 Å². The summed E-state index contributed by atoms with van der Waals surface area (Å²) in [5, 5.41) is 0. The molecule has 0 unspecified atom stereocenters. The molecule has 13 heteroatoms. The lowest BCUT2D eigenvalue weighted by atomic mass is 9.98. The highest BCUT2D eigenvalue weighted by Crippen LogP contribution is 2.29. The number of aromatic nitrogens is 2. The van der Waals surface area contributed by atoms with Crippen molar-refractivity contribution in [2.75, 3.05) is 36.0 Å². The SMILES string of the molecule is C=C/C(F)=C(F)\C=C/C[C@H]1CN(c2ncc(C(F)(F)F)cn2)CCN1C(=O)C1CCS(=O)(=O)CC1. The molecule has 3 rings (SSSR count). The molecular formula is C22H25F5N4O3S. The monoisotopic (exact) mass is 520 g/mol. The number of carbonyl (C=O) groups is 1. The molecule has 2 aliphatic rings. The maximum Gasteiger partial charge on any atom is 0.419 e. The number of halogens is 5. The molecule has 192 valence electrons. The molecule has 2 saturated heterocycles. The van der Waals surface area contributed by atoms with E-state index in [1.165, 1.54) is 6.08 Å². The van der Waals surface area contributed by atoms with Gasteiger partial charge in [0.05, 0.1) is 23.1 Å². The first-order chi connectivity index (χ1) is 16.4. The Morgan fingerprint density at radius 2 is 1.74 bits per heavy atom. The fourth-order valence-electron chi connectivity index (χ4n) is 4.04. The van der Waals surface area contributed by atoms with Crippen molar-refractivity contribution in [2.45, 2.75) is 31.5 Å². The normalized spacial score (nSPS) is 22.3. The van der Waals surface area contributed by atoms with Crippen molar-refractivity contribution in [3.63, 3.8) is 0 Å². The maximum absolute atomic E-state index is 13.7. The molecule has 35 heavy (non-hydrogen) atoms. The average Bonchev–Trinajstić information content (AvgIpc) is 2.82. The Balaban J connectivity index is 1.78. The van der Waals surface area contributed by atoms with Crippen LogP contribution in [-0.4, -0.2) is 66.4 Å². The molecule has 0 bridgehead atoms. The van der Waals surface area contributed by atoms with Crippen molar-refractivity contribution in [3.8, 4) is 0 Å². The van der Waals surface area contributed by atoms with Crippen LogP contribution in [0.15, 0.2) is 48.9 Å². The molecule has 0 spiro atoms. The molecule has 0 N–H and O–H groups in total. The lowest BCUT2D eigenvalue weighted by Crippen LogP contribution is -2.57. The number of hydrogen-bond acceptors (Lipinski definition) is 6. The number of allylic oxidation sites excluding steroid dienone is 4. The molecule has 7 nitrogen and oxygen atoms in total. The third-order valence-electron chi connectivity index (χ3n) is 6.00. The van der Waals surface area contributed by atoms with Gasteiger partial charge in [-0.15, -0.1) is 0 Å². The number of alkyl halides is 3. The van der Waals surface area contributed by atoms with E-state index in [2.05, 4.69) is 16.5 Å². The molecule has 0 radical (unpaired) electrons. The van der Waals surface area contributed by atoms with Crippen LogP contribution in [0.1, 0.15) is 24.8 Å². The zero-order valence-corrected chi connectivity index (χ0v) is 19.5. The number of hydrogen-bond donors (Lipinski definition) is 0. The Morgan fingerprint density at radius 1 is 1.11 bits per heavy atom. The molecule has 1 aromatic rings. The van der Waals surface area contributed by atoms with Gasteiger partial charge in [-0.3, -0.25) is 4.79 Å². The summed E-state index contributed by atoms with van der Waals surface area (Å²) in [6.45, 7) is 3.71. The van der Waals surface area contributed by atoms with Crippen molar-refractivity contribution in [1.29, 1.82) is 0 Å². The van der Waals surface area contributed by atoms with E-state index in [0.717, 1.165) is 12.2 Å². The Hall–Kier alpha value is -2.83. The third-order valence-corrected chi connectivity index (χ3v) is 7.71. The average molecular weight is 521 g/mol. The van der Waals surface area contributed by atoms with Crippen LogP contribution in [-0.2, 0) is 20.8 Å². The predicted molar refractivity (Wildman–Crippen MR) is 119 cm³/mol. The van der Waals surface area contributed by atoms with Crippen molar-refractivity contribution in [2.24, 2.45) is 5.92 Å². The van der Waals surface area contributed by atoms with E-state index < -0.39 is 45.2 Å². The lowest BCUT2D eigenvalue weighted by Gasteiger charge is -2.43. The number of amides is 1. The number of rotatable bonds is 6. The summed E-state index contributed by atoms with van der Waals surface area (Å²) in [4.78, 5) is 24.0. The summed E-state index contributed by atoms with van der Waals surface area (Å²) in [5.41, 5.74) is -0.992. The second-order valence-electron chi connectivity index (χ2n) is 8.37. The second kappa shape index (κ2) is 10.8. The first-order valence-corrected chi connectivity index (χ1v) is 12.7. The number of nitrogens with zero attached hydrogens (tertiary/aromatic N) is 4. The Bertz CT molecular complexity index is 1090. The molecule has 0 aliphatic carbocycles. The first-order valence-electron chi connectivity index (χ1n) is 10.9. The van der Waals surface area contributed by atoms with Crippen LogP contribution in [0, 0.1) is 5.92 Å². The van der Waals surface area contributed by atoms with Gasteiger partial charge in [-0.25, -0.2) is 27.2 Å². The first kappa shape index (κ1) is 26.8. The molecule has 0 saturated carbocycles. The zero-order valence-electron chi connectivity index (χ0n) is 18.7. The lowest BCUT2D eigenvalue weighted by molar-refractivity contribution is -0.139. The van der Waals surface area contributed by atoms with Crippen molar-refractivity contribution >= 4 is 21.7 Å². The van der Waals surface area contributed by atoms with Crippen LogP contribution in [0.5, 0.6) is 0 Å². The van der Waals surface area contributed by atoms with Gasteiger partial charge in [-0.2, -0.15) is 13.2 Å². The van der Waals surface area contributed by atoms with Gasteiger partial charge < -0.3 is 9.80 Å². The quantitative estimate of drug-likeness (QED) is 0.421. The number of sulfone groups is 1. The second-order valence-corrected chi connectivity index (χ2v) is 10.7. The summed E-state index contributed by atoms with van der Waals surface area (Å²) < 4.78 is 89.0. The maximum atomic E-state index is 13.7. The van der Waals surface area contributed by atoms with E-state index in [9.17, 15) is 35.2 Å².